The molecule has 0 unspecified atom stereocenters. The van der Waals surface area contributed by atoms with Crippen LogP contribution < -0.4 is 16.6 Å². The Kier molecular flexibility index (Phi) is 2.39. The highest BCUT2D eigenvalue weighted by molar-refractivity contribution is 7.80. The number of Topliss-reactive ketones (excluding diaryl/α,β-unsaturated/α-hetero) is 1. The van der Waals surface area contributed by atoms with Crippen LogP contribution in [0.15, 0.2) is 30.0 Å². The van der Waals surface area contributed by atoms with Crippen molar-refractivity contribution in [1.29, 1.82) is 0 Å². The van der Waals surface area contributed by atoms with Gasteiger partial charge >= 0.3 is 0 Å². The molecule has 2 rings (SSSR count). The van der Waals surface area contributed by atoms with E-state index in [1.54, 1.807) is 12.1 Å². The van der Waals surface area contributed by atoms with Crippen LogP contribution in [0.2, 0.25) is 0 Å². The van der Waals surface area contributed by atoms with E-state index in [1.807, 2.05) is 18.2 Å². The molecule has 76 valence electrons. The summed E-state index contributed by atoms with van der Waals surface area (Å²) in [7, 11) is 0. The Bertz CT molecular complexity index is 467. The molecule has 15 heavy (non-hydrogen) atoms. The zero-order valence-corrected chi connectivity index (χ0v) is 8.60. The van der Waals surface area contributed by atoms with Crippen LogP contribution in [-0.4, -0.2) is 10.9 Å². The number of fused-ring (bicyclic) bond motifs is 1. The summed E-state index contributed by atoms with van der Waals surface area (Å²) in [6.45, 7) is 0. The Morgan fingerprint density at radius 3 is 2.73 bits per heavy atom. The van der Waals surface area contributed by atoms with Gasteiger partial charge in [0.1, 0.15) is 5.70 Å². The smallest absolute Gasteiger partial charge is 0.211 e. The summed E-state index contributed by atoms with van der Waals surface area (Å²) in [6.07, 6.45) is 1.75. The van der Waals surface area contributed by atoms with E-state index in [9.17, 15) is 4.79 Å². The number of ketones is 1. The average molecular weight is 219 g/mol. The first-order valence-corrected chi connectivity index (χ1v) is 4.76. The van der Waals surface area contributed by atoms with Gasteiger partial charge in [-0.05, 0) is 23.9 Å². The number of nitrogens with one attached hydrogen (secondary N) is 2. The molecule has 5 heteroatoms. The van der Waals surface area contributed by atoms with Gasteiger partial charge in [0.25, 0.3) is 0 Å². The summed E-state index contributed by atoms with van der Waals surface area (Å²) in [5, 5.41) is 0.0969. The van der Waals surface area contributed by atoms with Crippen LogP contribution in [0.25, 0.3) is 6.08 Å². The van der Waals surface area contributed by atoms with Crippen molar-refractivity contribution in [3.05, 3.63) is 41.1 Å². The van der Waals surface area contributed by atoms with Gasteiger partial charge < -0.3 is 5.73 Å². The van der Waals surface area contributed by atoms with E-state index in [0.29, 0.717) is 11.3 Å². The molecule has 0 aromatic heterocycles. The second kappa shape index (κ2) is 3.70. The van der Waals surface area contributed by atoms with Gasteiger partial charge in [0, 0.05) is 5.56 Å². The van der Waals surface area contributed by atoms with Crippen LogP contribution in [-0.2, 0) is 0 Å². The summed E-state index contributed by atoms with van der Waals surface area (Å²) >= 11 is 4.62. The molecule has 1 aromatic rings. The van der Waals surface area contributed by atoms with E-state index in [0.717, 1.165) is 5.56 Å². The van der Waals surface area contributed by atoms with Crippen molar-refractivity contribution in [2.24, 2.45) is 5.73 Å². The van der Waals surface area contributed by atoms with E-state index in [-0.39, 0.29) is 10.9 Å². The van der Waals surface area contributed by atoms with Gasteiger partial charge in [-0.15, -0.1) is 0 Å². The number of hydrazine groups is 1. The summed E-state index contributed by atoms with van der Waals surface area (Å²) in [4.78, 5) is 11.8. The van der Waals surface area contributed by atoms with Crippen molar-refractivity contribution in [3.63, 3.8) is 0 Å². The quantitative estimate of drug-likeness (QED) is 0.501. The number of hydrogen-bond donors (Lipinski definition) is 3. The third kappa shape index (κ3) is 1.82. The molecule has 0 atom stereocenters. The molecule has 1 aromatic carbocycles. The molecule has 0 fully saturated rings. The minimum Gasteiger partial charge on any atom is -0.375 e. The molecular weight excluding hydrogens is 210 g/mol. The lowest BCUT2D eigenvalue weighted by Gasteiger charge is -2.06. The van der Waals surface area contributed by atoms with Crippen molar-refractivity contribution in [3.8, 4) is 0 Å². The van der Waals surface area contributed by atoms with Crippen LogP contribution in [0, 0.1) is 0 Å². The fraction of sp³-hybridized carbons (Fsp3) is 0. The molecule has 1 aliphatic rings. The summed E-state index contributed by atoms with van der Waals surface area (Å²) in [5.41, 5.74) is 12.5. The van der Waals surface area contributed by atoms with Crippen molar-refractivity contribution in [2.45, 2.75) is 0 Å². The van der Waals surface area contributed by atoms with Gasteiger partial charge in [0.2, 0.25) is 5.78 Å². The fourth-order valence-electron chi connectivity index (χ4n) is 1.42. The minimum absolute atomic E-state index is 0.0608. The Morgan fingerprint density at radius 2 is 2.07 bits per heavy atom. The first kappa shape index (κ1) is 9.67. The van der Waals surface area contributed by atoms with Crippen LogP contribution in [0.4, 0.5) is 0 Å². The number of hydrogen-bond acceptors (Lipinski definition) is 3. The largest absolute Gasteiger partial charge is 0.375 e. The number of rotatable bonds is 2. The molecule has 4 N–H and O–H groups in total. The van der Waals surface area contributed by atoms with Gasteiger partial charge in [-0.2, -0.15) is 0 Å². The van der Waals surface area contributed by atoms with Crippen LogP contribution >= 0.6 is 12.2 Å². The Morgan fingerprint density at radius 1 is 1.33 bits per heavy atom. The van der Waals surface area contributed by atoms with Crippen molar-refractivity contribution in [1.82, 2.24) is 10.9 Å². The molecule has 0 spiro atoms. The van der Waals surface area contributed by atoms with Gasteiger partial charge in [0.05, 0.1) is 0 Å². The van der Waals surface area contributed by atoms with E-state index in [2.05, 4.69) is 23.1 Å². The monoisotopic (exact) mass is 219 g/mol. The van der Waals surface area contributed by atoms with Crippen LogP contribution in [0.1, 0.15) is 15.9 Å². The number of thiocarbonyl (C=S) groups is 1. The van der Waals surface area contributed by atoms with E-state index in [1.165, 1.54) is 0 Å². The maximum absolute atomic E-state index is 11.8. The Balaban J connectivity index is 2.20. The number of benzene rings is 1. The third-order valence-electron chi connectivity index (χ3n) is 2.07. The minimum atomic E-state index is -0.0608. The van der Waals surface area contributed by atoms with Crippen LogP contribution in [0.5, 0.6) is 0 Å². The molecule has 0 saturated heterocycles. The lowest BCUT2D eigenvalue weighted by molar-refractivity contribution is 0.103. The molecule has 0 radical (unpaired) electrons. The maximum atomic E-state index is 11.8. The Labute approximate surface area is 92.1 Å². The predicted molar refractivity (Wildman–Crippen MR) is 61.8 cm³/mol. The lowest BCUT2D eigenvalue weighted by Crippen LogP contribution is -2.41. The lowest BCUT2D eigenvalue weighted by atomic mass is 10.1. The Hall–Kier alpha value is -1.88. The average Bonchev–Trinajstić information content (AvgIpc) is 2.54. The zero-order chi connectivity index (χ0) is 10.8. The number of carbonyl (C=O) groups excluding carboxylic acids is 1. The van der Waals surface area contributed by atoms with Crippen molar-refractivity contribution >= 4 is 29.2 Å². The number of carbonyl (C=O) groups is 1. The van der Waals surface area contributed by atoms with Gasteiger partial charge in [-0.3, -0.25) is 15.6 Å². The molecule has 4 nitrogen and oxygen atoms in total. The second-order valence-electron chi connectivity index (χ2n) is 3.09. The second-order valence-corrected chi connectivity index (χ2v) is 3.53. The number of allylic oxidation sites excluding steroid dienone is 1. The normalized spacial score (nSPS) is 13.1. The predicted octanol–water partition coefficient (Wildman–Crippen LogP) is 0.562. The standard InChI is InChI=1S/C10H9N3OS/c11-10(15)13-12-8-5-6-3-1-2-4-7(6)9(8)14/h1-5H,(H,12,14)(H3,11,13,15). The maximum Gasteiger partial charge on any atom is 0.211 e. The van der Waals surface area contributed by atoms with Crippen molar-refractivity contribution < 1.29 is 4.79 Å². The molecule has 0 heterocycles. The highest BCUT2D eigenvalue weighted by Gasteiger charge is 2.21. The molecule has 0 saturated carbocycles. The van der Waals surface area contributed by atoms with E-state index >= 15 is 0 Å². The summed E-state index contributed by atoms with van der Waals surface area (Å²) < 4.78 is 0. The summed E-state index contributed by atoms with van der Waals surface area (Å²) in [6, 6.07) is 7.37. The van der Waals surface area contributed by atoms with Crippen LogP contribution in [0.3, 0.4) is 0 Å². The molecule has 0 amide bonds. The summed E-state index contributed by atoms with van der Waals surface area (Å²) in [5.74, 6) is -0.0608. The number of nitrogens with two attached hydrogens (primary N) is 1. The molecule has 0 bridgehead atoms. The fourth-order valence-corrected chi connectivity index (χ4v) is 1.47. The highest BCUT2D eigenvalue weighted by atomic mass is 32.1. The molecular formula is C10H9N3OS. The van der Waals surface area contributed by atoms with E-state index in [4.69, 9.17) is 5.73 Å². The molecule has 1 aliphatic carbocycles. The van der Waals surface area contributed by atoms with E-state index < -0.39 is 0 Å². The highest BCUT2D eigenvalue weighted by Crippen LogP contribution is 2.22. The van der Waals surface area contributed by atoms with Gasteiger partial charge in [-0.1, -0.05) is 24.3 Å². The zero-order valence-electron chi connectivity index (χ0n) is 7.78. The topological polar surface area (TPSA) is 67.2 Å². The first-order chi connectivity index (χ1) is 7.18. The van der Waals surface area contributed by atoms with Crippen molar-refractivity contribution in [2.75, 3.05) is 0 Å². The van der Waals surface area contributed by atoms with Gasteiger partial charge in [-0.25, -0.2) is 0 Å². The first-order valence-electron chi connectivity index (χ1n) is 4.35. The third-order valence-corrected chi connectivity index (χ3v) is 2.17. The molecule has 0 aliphatic heterocycles. The SMILES string of the molecule is NC(=S)NNC1=Cc2ccccc2C1=O. The van der Waals surface area contributed by atoms with Gasteiger partial charge in [0.15, 0.2) is 5.11 Å².